The van der Waals surface area contributed by atoms with Crippen molar-refractivity contribution in [2.24, 2.45) is 0 Å². The monoisotopic (exact) mass is 360 g/mol. The molecule has 0 bridgehead atoms. The van der Waals surface area contributed by atoms with E-state index in [0.717, 1.165) is 24.3 Å². The SMILES string of the molecule is O=C(Nc1ccc([N+](=O)[O-])cc1Cl)c1cc(C(F)(F)F)ccc1O. The van der Waals surface area contributed by atoms with E-state index in [1.807, 2.05) is 0 Å². The number of aromatic hydroxyl groups is 1. The zero-order valence-electron chi connectivity index (χ0n) is 11.6. The lowest BCUT2D eigenvalue weighted by atomic mass is 10.1. The molecular formula is C14H8ClF3N2O4. The molecule has 10 heteroatoms. The minimum Gasteiger partial charge on any atom is -0.507 e. The Morgan fingerprint density at radius 3 is 2.42 bits per heavy atom. The highest BCUT2D eigenvalue weighted by molar-refractivity contribution is 6.34. The van der Waals surface area contributed by atoms with Gasteiger partial charge in [-0.15, -0.1) is 0 Å². The number of hydrogen-bond acceptors (Lipinski definition) is 4. The number of nitrogens with one attached hydrogen (secondary N) is 1. The van der Waals surface area contributed by atoms with Crippen LogP contribution in [-0.4, -0.2) is 15.9 Å². The van der Waals surface area contributed by atoms with E-state index in [-0.39, 0.29) is 16.4 Å². The van der Waals surface area contributed by atoms with E-state index in [9.17, 15) is 33.2 Å². The Morgan fingerprint density at radius 2 is 1.88 bits per heavy atom. The molecule has 0 heterocycles. The number of phenolic OH excluding ortho intramolecular Hbond substituents is 1. The van der Waals surface area contributed by atoms with Gasteiger partial charge in [-0.05, 0) is 24.3 Å². The van der Waals surface area contributed by atoms with Gasteiger partial charge in [0.1, 0.15) is 5.75 Å². The van der Waals surface area contributed by atoms with Gasteiger partial charge in [0.25, 0.3) is 11.6 Å². The maximum absolute atomic E-state index is 12.7. The van der Waals surface area contributed by atoms with Gasteiger partial charge in [0, 0.05) is 12.1 Å². The molecular weight excluding hydrogens is 353 g/mol. The molecule has 0 saturated carbocycles. The Morgan fingerprint density at radius 1 is 1.21 bits per heavy atom. The lowest BCUT2D eigenvalue weighted by molar-refractivity contribution is -0.384. The number of non-ortho nitro benzene ring substituents is 1. The van der Waals surface area contributed by atoms with E-state index in [1.165, 1.54) is 0 Å². The van der Waals surface area contributed by atoms with Crippen LogP contribution in [0.15, 0.2) is 36.4 Å². The average Bonchev–Trinajstić information content (AvgIpc) is 2.48. The van der Waals surface area contributed by atoms with E-state index >= 15 is 0 Å². The predicted molar refractivity (Wildman–Crippen MR) is 79.2 cm³/mol. The third-order valence-electron chi connectivity index (χ3n) is 2.98. The Balaban J connectivity index is 2.32. The van der Waals surface area contributed by atoms with Crippen molar-refractivity contribution in [3.8, 4) is 5.75 Å². The Bertz CT molecular complexity index is 824. The summed E-state index contributed by atoms with van der Waals surface area (Å²) in [6.07, 6.45) is -4.69. The summed E-state index contributed by atoms with van der Waals surface area (Å²) in [4.78, 5) is 22.0. The van der Waals surface area contributed by atoms with Crippen LogP contribution in [0.3, 0.4) is 0 Å². The van der Waals surface area contributed by atoms with Crippen LogP contribution in [0.2, 0.25) is 5.02 Å². The van der Waals surface area contributed by atoms with Crippen molar-refractivity contribution in [2.75, 3.05) is 5.32 Å². The molecule has 0 fully saturated rings. The molecule has 0 aliphatic heterocycles. The van der Waals surface area contributed by atoms with Gasteiger partial charge in [0.15, 0.2) is 0 Å². The first-order valence-electron chi connectivity index (χ1n) is 6.25. The number of carbonyl (C=O) groups excluding carboxylic acids is 1. The molecule has 0 aromatic heterocycles. The van der Waals surface area contributed by atoms with E-state index < -0.39 is 33.9 Å². The van der Waals surface area contributed by atoms with E-state index in [0.29, 0.717) is 12.1 Å². The van der Waals surface area contributed by atoms with Gasteiger partial charge in [-0.2, -0.15) is 13.2 Å². The number of benzene rings is 2. The highest BCUT2D eigenvalue weighted by atomic mass is 35.5. The summed E-state index contributed by atoms with van der Waals surface area (Å²) in [6.45, 7) is 0. The number of hydrogen-bond donors (Lipinski definition) is 2. The molecule has 0 radical (unpaired) electrons. The van der Waals surface area contributed by atoms with Crippen LogP contribution in [-0.2, 0) is 6.18 Å². The molecule has 2 rings (SSSR count). The highest BCUT2D eigenvalue weighted by Gasteiger charge is 2.32. The Labute approximate surface area is 137 Å². The summed E-state index contributed by atoms with van der Waals surface area (Å²) >= 11 is 5.79. The first-order chi connectivity index (χ1) is 11.1. The molecule has 2 aromatic rings. The minimum atomic E-state index is -4.69. The number of amides is 1. The summed E-state index contributed by atoms with van der Waals surface area (Å²) in [7, 11) is 0. The summed E-state index contributed by atoms with van der Waals surface area (Å²) in [5, 5.41) is 22.2. The molecule has 0 saturated heterocycles. The van der Waals surface area contributed by atoms with Crippen LogP contribution in [0.1, 0.15) is 15.9 Å². The van der Waals surface area contributed by atoms with Crippen LogP contribution in [0.5, 0.6) is 5.75 Å². The summed E-state index contributed by atoms with van der Waals surface area (Å²) < 4.78 is 38.0. The lowest BCUT2D eigenvalue weighted by Crippen LogP contribution is -2.14. The Hall–Kier alpha value is -2.81. The molecule has 0 spiro atoms. The van der Waals surface area contributed by atoms with Crippen molar-refractivity contribution < 1.29 is 28.0 Å². The summed E-state index contributed by atoms with van der Waals surface area (Å²) in [5.74, 6) is -1.70. The number of nitrogens with zero attached hydrogens (tertiary/aromatic N) is 1. The van der Waals surface area contributed by atoms with Crippen LogP contribution < -0.4 is 5.32 Å². The smallest absolute Gasteiger partial charge is 0.416 e. The molecule has 0 atom stereocenters. The standard InChI is InChI=1S/C14H8ClF3N2O4/c15-10-6-8(20(23)24)2-3-11(10)19-13(22)9-5-7(14(16,17)18)1-4-12(9)21/h1-6,21H,(H,19,22). The largest absolute Gasteiger partial charge is 0.507 e. The van der Waals surface area contributed by atoms with Gasteiger partial charge in [-0.3, -0.25) is 14.9 Å². The molecule has 2 N–H and O–H groups in total. The van der Waals surface area contributed by atoms with Crippen molar-refractivity contribution in [2.45, 2.75) is 6.18 Å². The number of carbonyl (C=O) groups is 1. The second-order valence-corrected chi connectivity index (χ2v) is 5.01. The van der Waals surface area contributed by atoms with Crippen molar-refractivity contribution in [3.05, 3.63) is 62.7 Å². The molecule has 6 nitrogen and oxygen atoms in total. The quantitative estimate of drug-likeness (QED) is 0.633. The lowest BCUT2D eigenvalue weighted by Gasteiger charge is -2.11. The third kappa shape index (κ3) is 3.74. The maximum atomic E-state index is 12.7. The topological polar surface area (TPSA) is 92.5 Å². The van der Waals surface area contributed by atoms with Gasteiger partial charge in [0.05, 0.1) is 26.8 Å². The fourth-order valence-corrected chi connectivity index (χ4v) is 2.02. The zero-order chi connectivity index (χ0) is 18.1. The summed E-state index contributed by atoms with van der Waals surface area (Å²) in [6, 6.07) is 5.03. The molecule has 2 aromatic carbocycles. The highest BCUT2D eigenvalue weighted by Crippen LogP contribution is 2.33. The molecule has 0 aliphatic rings. The van der Waals surface area contributed by atoms with Crippen molar-refractivity contribution in [3.63, 3.8) is 0 Å². The van der Waals surface area contributed by atoms with E-state index in [1.54, 1.807) is 0 Å². The molecule has 24 heavy (non-hydrogen) atoms. The average molecular weight is 361 g/mol. The number of alkyl halides is 3. The minimum absolute atomic E-state index is 0.0518. The van der Waals surface area contributed by atoms with Gasteiger partial charge >= 0.3 is 6.18 Å². The van der Waals surface area contributed by atoms with Crippen LogP contribution in [0, 0.1) is 10.1 Å². The number of rotatable bonds is 3. The second kappa shape index (κ2) is 6.36. The molecule has 1 amide bonds. The Kier molecular flexibility index (Phi) is 4.65. The third-order valence-corrected chi connectivity index (χ3v) is 3.29. The number of phenols is 1. The van der Waals surface area contributed by atoms with Gasteiger partial charge in [0.2, 0.25) is 0 Å². The fraction of sp³-hybridized carbons (Fsp3) is 0.0714. The zero-order valence-corrected chi connectivity index (χ0v) is 12.4. The van der Waals surface area contributed by atoms with Crippen LogP contribution >= 0.6 is 11.6 Å². The number of halogens is 4. The van der Waals surface area contributed by atoms with Crippen molar-refractivity contribution >= 4 is 28.9 Å². The van der Waals surface area contributed by atoms with E-state index in [4.69, 9.17) is 11.6 Å². The summed E-state index contributed by atoms with van der Waals surface area (Å²) in [5.41, 5.74) is -2.09. The molecule has 0 aliphatic carbocycles. The normalized spacial score (nSPS) is 11.2. The van der Waals surface area contributed by atoms with Crippen molar-refractivity contribution in [1.29, 1.82) is 0 Å². The number of nitro benzene ring substituents is 1. The van der Waals surface area contributed by atoms with Gasteiger partial charge in [-0.25, -0.2) is 0 Å². The number of nitro groups is 1. The number of anilines is 1. The maximum Gasteiger partial charge on any atom is 0.416 e. The predicted octanol–water partition coefficient (Wildman–Crippen LogP) is 4.22. The van der Waals surface area contributed by atoms with Crippen molar-refractivity contribution in [1.82, 2.24) is 0 Å². The second-order valence-electron chi connectivity index (χ2n) is 4.61. The van der Waals surface area contributed by atoms with Gasteiger partial charge in [-0.1, -0.05) is 11.6 Å². The first kappa shape index (κ1) is 17.5. The molecule has 126 valence electrons. The fourth-order valence-electron chi connectivity index (χ4n) is 1.80. The van der Waals surface area contributed by atoms with Crippen LogP contribution in [0.4, 0.5) is 24.5 Å². The molecule has 0 unspecified atom stereocenters. The van der Waals surface area contributed by atoms with Crippen LogP contribution in [0.25, 0.3) is 0 Å². The van der Waals surface area contributed by atoms with Gasteiger partial charge < -0.3 is 10.4 Å². The first-order valence-corrected chi connectivity index (χ1v) is 6.63. The van der Waals surface area contributed by atoms with E-state index in [2.05, 4.69) is 5.32 Å².